The van der Waals surface area contributed by atoms with Crippen LogP contribution in [0.3, 0.4) is 0 Å². The molecule has 3 aliphatic heterocycles. The second-order valence-corrected chi connectivity index (χ2v) is 13.9. The van der Waals surface area contributed by atoms with Gasteiger partial charge in [0.25, 0.3) is 0 Å². The molecule has 9 heteroatoms. The molecule has 3 fully saturated rings. The highest BCUT2D eigenvalue weighted by Gasteiger charge is 2.29. The maximum Gasteiger partial charge on any atom is 0.410 e. The molecule has 0 aromatic rings. The van der Waals surface area contributed by atoms with E-state index in [-0.39, 0.29) is 36.1 Å². The zero-order chi connectivity index (χ0) is 32.7. The quantitative estimate of drug-likeness (QED) is 0.0950. The fraction of sp³-hybridized carbons (Fsp3) is 0.757. The molecule has 0 aromatic carbocycles. The van der Waals surface area contributed by atoms with Crippen LogP contribution in [0.4, 0.5) is 9.59 Å². The van der Waals surface area contributed by atoms with Crippen LogP contribution in [-0.4, -0.2) is 97.0 Å². The van der Waals surface area contributed by atoms with Gasteiger partial charge in [-0.2, -0.15) is 0 Å². The highest BCUT2D eigenvalue weighted by molar-refractivity contribution is 5.70. The molecular weight excluding hydrogens is 582 g/mol. The molecule has 0 bridgehead atoms. The lowest BCUT2D eigenvalue weighted by molar-refractivity contribution is -0.148. The summed E-state index contributed by atoms with van der Waals surface area (Å²) in [5, 5.41) is 0. The molecule has 1 unspecified atom stereocenters. The zero-order valence-corrected chi connectivity index (χ0v) is 28.7. The highest BCUT2D eigenvalue weighted by atomic mass is 16.6. The van der Waals surface area contributed by atoms with Crippen molar-refractivity contribution < 1.29 is 28.6 Å². The van der Waals surface area contributed by atoms with E-state index in [0.717, 1.165) is 83.4 Å². The average Bonchev–Trinajstić information content (AvgIpc) is 3.46. The topological polar surface area (TPSA) is 88.6 Å². The van der Waals surface area contributed by atoms with Crippen LogP contribution in [0.15, 0.2) is 36.0 Å². The Kier molecular flexibility index (Phi) is 15.0. The second kappa shape index (κ2) is 19.1. The summed E-state index contributed by atoms with van der Waals surface area (Å²) in [6, 6.07) is 0.666. The van der Waals surface area contributed by atoms with Gasteiger partial charge in [-0.1, -0.05) is 70.3 Å². The van der Waals surface area contributed by atoms with Crippen LogP contribution in [0.1, 0.15) is 104 Å². The van der Waals surface area contributed by atoms with Crippen molar-refractivity contribution in [2.75, 3.05) is 45.9 Å². The number of allylic oxidation sites excluding steroid dienone is 2. The molecule has 2 amide bonds. The van der Waals surface area contributed by atoms with Crippen molar-refractivity contribution in [2.24, 2.45) is 11.8 Å². The van der Waals surface area contributed by atoms with Gasteiger partial charge in [0, 0.05) is 63.6 Å². The molecule has 0 aromatic heterocycles. The fourth-order valence-electron chi connectivity index (χ4n) is 7.04. The Morgan fingerprint density at radius 2 is 1.52 bits per heavy atom. The van der Waals surface area contributed by atoms with Crippen molar-refractivity contribution in [2.45, 2.75) is 122 Å². The lowest BCUT2D eigenvalue weighted by Gasteiger charge is -2.39. The Hall–Kier alpha value is -2.81. The van der Waals surface area contributed by atoms with E-state index in [9.17, 15) is 14.4 Å². The molecule has 0 N–H and O–H groups in total. The molecule has 1 saturated carbocycles. The van der Waals surface area contributed by atoms with Crippen LogP contribution in [0.25, 0.3) is 0 Å². The highest BCUT2D eigenvalue weighted by Crippen LogP contribution is 2.25. The van der Waals surface area contributed by atoms with Gasteiger partial charge >= 0.3 is 18.2 Å². The number of carbonyl (C=O) groups is 3. The number of esters is 1. The molecule has 1 aliphatic carbocycles. The number of hydrogen-bond donors (Lipinski definition) is 0. The summed E-state index contributed by atoms with van der Waals surface area (Å²) in [6.45, 7) is 11.2. The Morgan fingerprint density at radius 1 is 0.870 bits per heavy atom. The summed E-state index contributed by atoms with van der Waals surface area (Å²) in [5.74, 6) is -0.228. The summed E-state index contributed by atoms with van der Waals surface area (Å²) in [7, 11) is 0. The maximum atomic E-state index is 13.2. The largest absolute Gasteiger partial charge is 0.457 e. The molecule has 46 heavy (non-hydrogen) atoms. The minimum absolute atomic E-state index is 0.0574. The van der Waals surface area contributed by atoms with Crippen LogP contribution in [0.2, 0.25) is 0 Å². The summed E-state index contributed by atoms with van der Waals surface area (Å²) in [6.07, 6.45) is 22.4. The molecule has 9 nitrogen and oxygen atoms in total. The van der Waals surface area contributed by atoms with Crippen molar-refractivity contribution in [1.82, 2.24) is 14.7 Å². The molecule has 0 spiro atoms. The van der Waals surface area contributed by atoms with E-state index in [0.29, 0.717) is 19.1 Å². The third-order valence-corrected chi connectivity index (χ3v) is 9.98. The number of hydrogen-bond acceptors (Lipinski definition) is 7. The molecule has 4 atom stereocenters. The van der Waals surface area contributed by atoms with Crippen LogP contribution in [-0.2, 0) is 19.0 Å². The van der Waals surface area contributed by atoms with Gasteiger partial charge in [-0.3, -0.25) is 9.69 Å². The monoisotopic (exact) mass is 641 g/mol. The van der Waals surface area contributed by atoms with Gasteiger partial charge in [0.15, 0.2) is 0 Å². The number of ether oxygens (including phenoxy) is 3. The minimum Gasteiger partial charge on any atom is -0.457 e. The lowest BCUT2D eigenvalue weighted by Crippen LogP contribution is -2.52. The van der Waals surface area contributed by atoms with Crippen LogP contribution in [0, 0.1) is 11.8 Å². The summed E-state index contributed by atoms with van der Waals surface area (Å²) >= 11 is 0. The summed E-state index contributed by atoms with van der Waals surface area (Å²) in [5.41, 5.74) is 0.931. The summed E-state index contributed by atoms with van der Waals surface area (Å²) in [4.78, 5) is 44.3. The molecule has 258 valence electrons. The number of cyclic esters (lactones) is 1. The third-order valence-electron chi connectivity index (χ3n) is 9.98. The number of piperazine rings is 1. The van der Waals surface area contributed by atoms with E-state index in [2.05, 4.69) is 4.90 Å². The van der Waals surface area contributed by atoms with Gasteiger partial charge < -0.3 is 24.0 Å². The van der Waals surface area contributed by atoms with Crippen molar-refractivity contribution in [3.8, 4) is 0 Å². The Bertz CT molecular complexity index is 1050. The molecule has 4 aliphatic rings. The van der Waals surface area contributed by atoms with Crippen LogP contribution >= 0.6 is 0 Å². The van der Waals surface area contributed by atoms with Gasteiger partial charge in [0.1, 0.15) is 12.2 Å². The first-order valence-electron chi connectivity index (χ1n) is 18.1. The molecule has 2 saturated heterocycles. The van der Waals surface area contributed by atoms with Crippen molar-refractivity contribution in [3.63, 3.8) is 0 Å². The average molecular weight is 642 g/mol. The van der Waals surface area contributed by atoms with Crippen molar-refractivity contribution in [1.29, 1.82) is 0 Å². The Labute approximate surface area is 277 Å². The van der Waals surface area contributed by atoms with Crippen molar-refractivity contribution >= 4 is 18.2 Å². The Morgan fingerprint density at radius 3 is 2.24 bits per heavy atom. The van der Waals surface area contributed by atoms with E-state index in [4.69, 9.17) is 14.2 Å². The third kappa shape index (κ3) is 11.8. The standard InChI is InChI=1S/C37H59N3O6/c1-29(28-44-36(42)39-22-11-12-23-39)14-13-15-30(2)35-31(3)20-21-33(18-9-6-10-19-34(41)46-35)45-37(43)40-26-24-38(25-27-40)32-16-7-4-5-8-17-32/h13-15,20-21,29,31-33,35H,4-12,16-19,22-28H2,1-3H3/b14-13+,21-20+,30-15+/t29-,31+,33?,35-/m1/s1. The smallest absolute Gasteiger partial charge is 0.410 e. The van der Waals surface area contributed by atoms with E-state index < -0.39 is 6.10 Å². The molecule has 4 rings (SSSR count). The first-order chi connectivity index (χ1) is 22.3. The van der Waals surface area contributed by atoms with E-state index in [1.807, 2.05) is 56.1 Å². The number of carbonyl (C=O) groups excluding carboxylic acids is 3. The SMILES string of the molecule is C/C(=C\C=C\[C@@H](C)COC(=O)N1CCCC1)[C@H]1OC(=O)CCCCCC(OC(=O)N2CCN(C3CCCCCC3)CC2)/C=C/[C@@H]1C. The van der Waals surface area contributed by atoms with E-state index in [1.165, 1.54) is 38.5 Å². The number of nitrogens with zero attached hydrogens (tertiary/aromatic N) is 3. The molecular formula is C37H59N3O6. The first kappa shape index (κ1) is 36.0. The maximum absolute atomic E-state index is 13.2. The van der Waals surface area contributed by atoms with Gasteiger partial charge in [-0.05, 0) is 63.5 Å². The predicted molar refractivity (Wildman–Crippen MR) is 180 cm³/mol. The predicted octanol–water partition coefficient (Wildman–Crippen LogP) is 7.27. The Balaban J connectivity index is 1.30. The number of likely N-dealkylation sites (tertiary alicyclic amines) is 1. The molecule has 0 radical (unpaired) electrons. The zero-order valence-electron chi connectivity index (χ0n) is 28.7. The fourth-order valence-corrected chi connectivity index (χ4v) is 7.04. The van der Waals surface area contributed by atoms with Crippen molar-refractivity contribution in [3.05, 3.63) is 36.0 Å². The van der Waals surface area contributed by atoms with Gasteiger partial charge in [0.05, 0.1) is 6.61 Å². The van der Waals surface area contributed by atoms with E-state index in [1.54, 1.807) is 4.90 Å². The van der Waals surface area contributed by atoms with E-state index >= 15 is 0 Å². The van der Waals surface area contributed by atoms with Crippen LogP contribution in [0.5, 0.6) is 0 Å². The summed E-state index contributed by atoms with van der Waals surface area (Å²) < 4.78 is 17.5. The van der Waals surface area contributed by atoms with Gasteiger partial charge in [-0.15, -0.1) is 0 Å². The minimum atomic E-state index is -0.426. The molecule has 3 heterocycles. The van der Waals surface area contributed by atoms with Gasteiger partial charge in [0.2, 0.25) is 0 Å². The number of rotatable bonds is 7. The normalized spacial score (nSPS) is 28.1. The van der Waals surface area contributed by atoms with Gasteiger partial charge in [-0.25, -0.2) is 9.59 Å². The lowest BCUT2D eigenvalue weighted by atomic mass is 9.95. The number of amides is 2. The van der Waals surface area contributed by atoms with Crippen LogP contribution < -0.4 is 0 Å². The first-order valence-corrected chi connectivity index (χ1v) is 18.1. The second-order valence-electron chi connectivity index (χ2n) is 13.9.